The maximum absolute atomic E-state index is 12.5. The van der Waals surface area contributed by atoms with Gasteiger partial charge >= 0.3 is 5.97 Å². The van der Waals surface area contributed by atoms with Gasteiger partial charge in [-0.05, 0) is 68.9 Å². The van der Waals surface area contributed by atoms with Crippen LogP contribution in [0.1, 0.15) is 61.7 Å². The molecule has 3 heteroatoms. The second-order valence-corrected chi connectivity index (χ2v) is 7.10. The normalized spacial score (nSPS) is 20.7. The summed E-state index contributed by atoms with van der Waals surface area (Å²) in [5.74, 6) is 6.49. The number of esters is 1. The van der Waals surface area contributed by atoms with Gasteiger partial charge in [-0.1, -0.05) is 24.6 Å². The molecule has 0 unspecified atom stereocenters. The number of carbonyl (C=O) groups is 1. The largest absolute Gasteiger partial charge is 0.442 e. The van der Waals surface area contributed by atoms with Crippen LogP contribution >= 0.6 is 0 Å². The lowest BCUT2D eigenvalue weighted by Crippen LogP contribution is -3.12. The Bertz CT molecular complexity index is 587. The lowest BCUT2D eigenvalue weighted by atomic mass is 9.85. The van der Waals surface area contributed by atoms with Gasteiger partial charge in [0.15, 0.2) is 5.60 Å². The Morgan fingerprint density at radius 3 is 2.38 bits per heavy atom. The molecule has 3 nitrogen and oxygen atoms in total. The van der Waals surface area contributed by atoms with Crippen LogP contribution in [0.15, 0.2) is 30.3 Å². The number of carbonyl (C=O) groups excluding carboxylic acids is 1. The molecule has 3 rings (SSSR count). The van der Waals surface area contributed by atoms with E-state index in [1.165, 1.54) is 38.8 Å². The highest BCUT2D eigenvalue weighted by Gasteiger charge is 2.34. The standard InChI is InChI=1S/C21H27NO2/c23-20(19-11-4-1-5-12-19)24-21(13-6-2-7-14-21)15-10-18-22-16-8-3-9-17-22/h1,4-5,11-12H,2-3,6-9,13-14,16-18H2/p+1. The predicted molar refractivity (Wildman–Crippen MR) is 94.9 cm³/mol. The zero-order valence-electron chi connectivity index (χ0n) is 14.5. The summed E-state index contributed by atoms with van der Waals surface area (Å²) < 4.78 is 5.93. The summed E-state index contributed by atoms with van der Waals surface area (Å²) in [5, 5.41) is 0. The highest BCUT2D eigenvalue weighted by Crippen LogP contribution is 2.32. The number of nitrogens with one attached hydrogen (secondary N) is 1. The van der Waals surface area contributed by atoms with Crippen molar-refractivity contribution in [3.63, 3.8) is 0 Å². The van der Waals surface area contributed by atoms with Crippen LogP contribution in [0.3, 0.4) is 0 Å². The van der Waals surface area contributed by atoms with Crippen molar-refractivity contribution in [2.45, 2.75) is 57.0 Å². The van der Waals surface area contributed by atoms with Gasteiger partial charge in [0, 0.05) is 0 Å². The Balaban J connectivity index is 1.67. The summed E-state index contributed by atoms with van der Waals surface area (Å²) >= 11 is 0. The lowest BCUT2D eigenvalue weighted by Gasteiger charge is -2.32. The van der Waals surface area contributed by atoms with Gasteiger partial charge in [0.2, 0.25) is 0 Å². The third-order valence-corrected chi connectivity index (χ3v) is 5.17. The van der Waals surface area contributed by atoms with E-state index in [2.05, 4.69) is 11.8 Å². The van der Waals surface area contributed by atoms with Gasteiger partial charge in [0.25, 0.3) is 0 Å². The third kappa shape index (κ3) is 4.61. The number of quaternary nitrogens is 1. The molecule has 1 aliphatic heterocycles. The monoisotopic (exact) mass is 326 g/mol. The van der Waals surface area contributed by atoms with E-state index in [0.717, 1.165) is 32.2 Å². The molecule has 2 fully saturated rings. The molecule has 1 N–H and O–H groups in total. The first-order chi connectivity index (χ1) is 11.8. The molecule has 2 aliphatic rings. The summed E-state index contributed by atoms with van der Waals surface area (Å²) in [6, 6.07) is 9.27. The molecular weight excluding hydrogens is 298 g/mol. The van der Waals surface area contributed by atoms with Crippen LogP contribution in [-0.2, 0) is 4.74 Å². The van der Waals surface area contributed by atoms with Crippen LogP contribution in [-0.4, -0.2) is 31.2 Å². The van der Waals surface area contributed by atoms with E-state index >= 15 is 0 Å². The van der Waals surface area contributed by atoms with Crippen molar-refractivity contribution in [1.29, 1.82) is 0 Å². The first-order valence-electron chi connectivity index (χ1n) is 9.39. The van der Waals surface area contributed by atoms with E-state index in [4.69, 9.17) is 4.74 Å². The van der Waals surface area contributed by atoms with E-state index in [1.807, 2.05) is 30.3 Å². The average molecular weight is 326 g/mol. The summed E-state index contributed by atoms with van der Waals surface area (Å²) in [4.78, 5) is 14.1. The summed E-state index contributed by atoms with van der Waals surface area (Å²) in [5.41, 5.74) is 0.0475. The number of likely N-dealkylation sites (tertiary alicyclic amines) is 1. The third-order valence-electron chi connectivity index (χ3n) is 5.17. The van der Waals surface area contributed by atoms with E-state index in [9.17, 15) is 4.79 Å². The molecule has 1 aromatic rings. The van der Waals surface area contributed by atoms with Crippen LogP contribution in [0.4, 0.5) is 0 Å². The van der Waals surface area contributed by atoms with E-state index < -0.39 is 5.60 Å². The molecule has 0 aromatic heterocycles. The number of hydrogen-bond acceptors (Lipinski definition) is 2. The van der Waals surface area contributed by atoms with Crippen molar-refractivity contribution in [2.24, 2.45) is 0 Å². The van der Waals surface area contributed by atoms with Crippen molar-refractivity contribution >= 4 is 5.97 Å². The Hall–Kier alpha value is -1.79. The summed E-state index contributed by atoms with van der Waals surface area (Å²) in [6.45, 7) is 3.33. The molecule has 1 saturated carbocycles. The molecule has 0 bridgehead atoms. The van der Waals surface area contributed by atoms with Crippen LogP contribution in [0.25, 0.3) is 0 Å². The van der Waals surface area contributed by atoms with E-state index in [-0.39, 0.29) is 5.97 Å². The molecule has 128 valence electrons. The summed E-state index contributed by atoms with van der Waals surface area (Å²) in [7, 11) is 0. The van der Waals surface area contributed by atoms with Gasteiger partial charge in [0.05, 0.1) is 18.7 Å². The molecule has 1 saturated heterocycles. The number of hydrogen-bond donors (Lipinski definition) is 1. The molecule has 0 atom stereocenters. The number of rotatable bonds is 3. The van der Waals surface area contributed by atoms with Gasteiger partial charge < -0.3 is 9.64 Å². The number of benzene rings is 1. The fourth-order valence-corrected chi connectivity index (χ4v) is 3.74. The maximum Gasteiger partial charge on any atom is 0.339 e. The zero-order valence-corrected chi connectivity index (χ0v) is 14.5. The molecule has 1 aliphatic carbocycles. The SMILES string of the molecule is O=C(OC1(C#CC[NH+]2CCCCC2)CCCCC1)c1ccccc1. The topological polar surface area (TPSA) is 30.7 Å². The van der Waals surface area contributed by atoms with Gasteiger partial charge in [-0.3, -0.25) is 0 Å². The van der Waals surface area contributed by atoms with Gasteiger partial charge in [0.1, 0.15) is 6.54 Å². The Morgan fingerprint density at radius 1 is 1.00 bits per heavy atom. The lowest BCUT2D eigenvalue weighted by molar-refractivity contribution is -0.897. The van der Waals surface area contributed by atoms with Crippen LogP contribution in [0.2, 0.25) is 0 Å². The molecule has 0 radical (unpaired) electrons. The van der Waals surface area contributed by atoms with E-state index in [1.54, 1.807) is 4.90 Å². The minimum atomic E-state index is -0.569. The molecule has 0 amide bonds. The van der Waals surface area contributed by atoms with E-state index in [0.29, 0.717) is 5.56 Å². The number of piperidine rings is 1. The fourth-order valence-electron chi connectivity index (χ4n) is 3.74. The van der Waals surface area contributed by atoms with Crippen LogP contribution in [0, 0.1) is 11.8 Å². The Kier molecular flexibility index (Phi) is 5.93. The first kappa shape index (κ1) is 17.0. The van der Waals surface area contributed by atoms with Crippen molar-refractivity contribution in [2.75, 3.05) is 19.6 Å². The van der Waals surface area contributed by atoms with Crippen LogP contribution in [0.5, 0.6) is 0 Å². The molecular formula is C21H28NO2+. The Labute approximate surface area is 145 Å². The smallest absolute Gasteiger partial charge is 0.339 e. The fraction of sp³-hybridized carbons (Fsp3) is 0.571. The molecule has 1 heterocycles. The quantitative estimate of drug-likeness (QED) is 0.684. The Morgan fingerprint density at radius 2 is 1.67 bits per heavy atom. The maximum atomic E-state index is 12.5. The highest BCUT2D eigenvalue weighted by atomic mass is 16.6. The van der Waals surface area contributed by atoms with Gasteiger partial charge in [-0.25, -0.2) is 4.79 Å². The number of ether oxygens (including phenoxy) is 1. The first-order valence-corrected chi connectivity index (χ1v) is 9.39. The minimum Gasteiger partial charge on any atom is -0.442 e. The zero-order chi connectivity index (χ0) is 16.7. The minimum absolute atomic E-state index is 0.239. The van der Waals surface area contributed by atoms with Gasteiger partial charge in [-0.2, -0.15) is 0 Å². The second-order valence-electron chi connectivity index (χ2n) is 7.10. The summed E-state index contributed by atoms with van der Waals surface area (Å²) in [6.07, 6.45) is 9.11. The predicted octanol–water partition coefficient (Wildman–Crippen LogP) is 2.62. The second kappa shape index (κ2) is 8.35. The van der Waals surface area contributed by atoms with Gasteiger partial charge in [-0.15, -0.1) is 0 Å². The molecule has 1 aromatic carbocycles. The molecule has 24 heavy (non-hydrogen) atoms. The highest BCUT2D eigenvalue weighted by molar-refractivity contribution is 5.89. The average Bonchev–Trinajstić information content (AvgIpc) is 2.64. The van der Waals surface area contributed by atoms with Crippen molar-refractivity contribution in [3.8, 4) is 11.8 Å². The van der Waals surface area contributed by atoms with Crippen molar-refractivity contribution in [1.82, 2.24) is 0 Å². The van der Waals surface area contributed by atoms with Crippen molar-refractivity contribution in [3.05, 3.63) is 35.9 Å². The molecule has 0 spiro atoms. The van der Waals surface area contributed by atoms with Crippen LogP contribution < -0.4 is 4.90 Å². The van der Waals surface area contributed by atoms with Crippen molar-refractivity contribution < 1.29 is 14.4 Å².